The van der Waals surface area contributed by atoms with E-state index in [0.717, 1.165) is 0 Å². The Morgan fingerprint density at radius 1 is 1.40 bits per heavy atom. The van der Waals surface area contributed by atoms with Crippen LogP contribution < -0.4 is 11.3 Å². The quantitative estimate of drug-likeness (QED) is 0.455. The lowest BCUT2D eigenvalue weighted by molar-refractivity contribution is -0.0476. The van der Waals surface area contributed by atoms with Gasteiger partial charge in [-0.05, 0) is 45.6 Å². The third-order valence-electron chi connectivity index (χ3n) is 6.03. The maximum atomic E-state index is 12.7. The molecule has 3 heterocycles. The fourth-order valence-electron chi connectivity index (χ4n) is 3.66. The van der Waals surface area contributed by atoms with Crippen molar-refractivity contribution < 1.29 is 23.8 Å². The van der Waals surface area contributed by atoms with E-state index in [-0.39, 0.29) is 30.3 Å². The van der Waals surface area contributed by atoms with Crippen LogP contribution in [0, 0.1) is 0 Å². The molecular weight excluding hydrogens is 411 g/mol. The minimum atomic E-state index is -4.26. The number of hydrogen-bond donors (Lipinski definition) is 4. The largest absolute Gasteiger partial charge is 0.378 e. The summed E-state index contributed by atoms with van der Waals surface area (Å²) in [6, 6.07) is 1.67. The van der Waals surface area contributed by atoms with Crippen molar-refractivity contribution in [3.63, 3.8) is 0 Å². The van der Waals surface area contributed by atoms with Crippen LogP contribution in [0.4, 0.5) is 5.95 Å². The second-order valence-electron chi connectivity index (χ2n) is 8.39. The third kappa shape index (κ3) is 4.33. The normalized spacial score (nSPS) is 25.7. The van der Waals surface area contributed by atoms with Gasteiger partial charge in [0.1, 0.15) is 6.23 Å². The van der Waals surface area contributed by atoms with Gasteiger partial charge >= 0.3 is 7.60 Å². The SMILES string of the molecule is CCC(C)(CC1CCC(n2ccc3c(=O)[nH]c(N)nc32)O1)OP(=O)(O)C(C)(O)CC. The first-order valence-corrected chi connectivity index (χ1v) is 11.8. The van der Waals surface area contributed by atoms with Gasteiger partial charge in [-0.2, -0.15) is 4.98 Å². The van der Waals surface area contributed by atoms with E-state index in [1.165, 1.54) is 6.92 Å². The van der Waals surface area contributed by atoms with Crippen LogP contribution >= 0.6 is 7.60 Å². The Labute approximate surface area is 174 Å². The van der Waals surface area contributed by atoms with E-state index in [1.807, 2.05) is 6.92 Å². The molecule has 0 aliphatic carbocycles. The zero-order valence-electron chi connectivity index (χ0n) is 17.8. The van der Waals surface area contributed by atoms with Gasteiger partial charge < -0.3 is 29.6 Å². The lowest BCUT2D eigenvalue weighted by atomic mass is 9.94. The molecule has 2 aromatic rings. The van der Waals surface area contributed by atoms with Crippen molar-refractivity contribution in [2.45, 2.75) is 83.1 Å². The molecule has 0 spiro atoms. The van der Waals surface area contributed by atoms with Gasteiger partial charge in [0.05, 0.1) is 17.1 Å². The minimum Gasteiger partial charge on any atom is -0.378 e. The standard InChI is InChI=1S/C19H31N4O6P/c1-5-18(3,29-30(26,27)19(4,25)6-2)11-12-7-8-14(28-12)23-10-9-13-15(23)21-17(20)22-16(13)24/h9-10,12,14,25H,5-8,11H2,1-4H3,(H,26,27)(H3,20,21,22,24). The topological polar surface area (TPSA) is 153 Å². The van der Waals surface area contributed by atoms with Crippen molar-refractivity contribution >= 4 is 24.6 Å². The Morgan fingerprint density at radius 2 is 2.10 bits per heavy atom. The minimum absolute atomic E-state index is 0.0376. The number of nitrogens with zero attached hydrogens (tertiary/aromatic N) is 2. The molecule has 30 heavy (non-hydrogen) atoms. The number of fused-ring (bicyclic) bond motifs is 1. The van der Waals surface area contributed by atoms with E-state index in [1.54, 1.807) is 30.7 Å². The van der Waals surface area contributed by atoms with E-state index >= 15 is 0 Å². The fourth-order valence-corrected chi connectivity index (χ4v) is 5.06. The average molecular weight is 442 g/mol. The van der Waals surface area contributed by atoms with Crippen LogP contribution in [-0.2, 0) is 13.8 Å². The van der Waals surface area contributed by atoms with Crippen molar-refractivity contribution in [2.75, 3.05) is 5.73 Å². The predicted octanol–water partition coefficient (Wildman–Crippen LogP) is 2.86. The molecule has 1 fully saturated rings. The maximum Gasteiger partial charge on any atom is 0.359 e. The Kier molecular flexibility index (Phi) is 6.19. The molecule has 168 valence electrons. The first kappa shape index (κ1) is 23.0. The van der Waals surface area contributed by atoms with Gasteiger partial charge in [-0.25, -0.2) is 0 Å². The Hall–Kier alpha value is -1.71. The zero-order chi connectivity index (χ0) is 22.3. The number of nitrogen functional groups attached to an aromatic ring is 1. The molecule has 5 atom stereocenters. The molecule has 0 amide bonds. The Morgan fingerprint density at radius 3 is 2.73 bits per heavy atom. The molecule has 5 N–H and O–H groups in total. The molecule has 0 saturated carbocycles. The van der Waals surface area contributed by atoms with Gasteiger partial charge in [-0.1, -0.05) is 13.8 Å². The molecule has 11 heteroatoms. The average Bonchev–Trinajstić information content (AvgIpc) is 3.27. The highest BCUT2D eigenvalue weighted by molar-refractivity contribution is 7.54. The highest BCUT2D eigenvalue weighted by atomic mass is 31.2. The molecule has 1 aliphatic heterocycles. The van der Waals surface area contributed by atoms with Gasteiger partial charge in [0.2, 0.25) is 5.95 Å². The number of anilines is 1. The molecule has 3 rings (SSSR count). The number of hydrogen-bond acceptors (Lipinski definition) is 7. The van der Waals surface area contributed by atoms with E-state index in [9.17, 15) is 19.4 Å². The van der Waals surface area contributed by atoms with E-state index < -0.39 is 18.5 Å². The number of nitrogens with two attached hydrogens (primary N) is 1. The summed E-state index contributed by atoms with van der Waals surface area (Å²) >= 11 is 0. The van der Waals surface area contributed by atoms with Crippen LogP contribution in [0.1, 0.15) is 66.0 Å². The Balaban J connectivity index is 1.75. The summed E-state index contributed by atoms with van der Waals surface area (Å²) in [4.78, 5) is 29.1. The fraction of sp³-hybridized carbons (Fsp3) is 0.684. The van der Waals surface area contributed by atoms with Gasteiger partial charge in [-0.3, -0.25) is 14.3 Å². The lowest BCUT2D eigenvalue weighted by Crippen LogP contribution is -2.36. The molecule has 1 aliphatic rings. The molecule has 0 aromatic carbocycles. The van der Waals surface area contributed by atoms with Crippen molar-refractivity contribution in [1.29, 1.82) is 0 Å². The van der Waals surface area contributed by atoms with Crippen molar-refractivity contribution in [1.82, 2.24) is 14.5 Å². The van der Waals surface area contributed by atoms with E-state index in [4.69, 9.17) is 15.0 Å². The monoisotopic (exact) mass is 442 g/mol. The van der Waals surface area contributed by atoms with E-state index in [2.05, 4.69) is 9.97 Å². The highest BCUT2D eigenvalue weighted by Gasteiger charge is 2.47. The van der Waals surface area contributed by atoms with Crippen molar-refractivity contribution in [3.8, 4) is 0 Å². The summed E-state index contributed by atoms with van der Waals surface area (Å²) in [6.45, 7) is 6.56. The van der Waals surface area contributed by atoms with E-state index in [0.29, 0.717) is 36.7 Å². The number of rotatable bonds is 8. The first-order chi connectivity index (χ1) is 13.9. The summed E-state index contributed by atoms with van der Waals surface area (Å²) in [6.07, 6.45) is 3.55. The van der Waals surface area contributed by atoms with Crippen LogP contribution in [0.2, 0.25) is 0 Å². The number of ether oxygens (including phenoxy) is 1. The van der Waals surface area contributed by atoms with Crippen LogP contribution in [-0.4, -0.2) is 41.6 Å². The summed E-state index contributed by atoms with van der Waals surface area (Å²) in [5, 5.41) is 8.88. The molecule has 2 aromatic heterocycles. The van der Waals surface area contributed by atoms with Gasteiger partial charge in [0.15, 0.2) is 11.0 Å². The van der Waals surface area contributed by atoms with Crippen LogP contribution in [0.25, 0.3) is 11.0 Å². The maximum absolute atomic E-state index is 12.7. The third-order valence-corrected chi connectivity index (χ3v) is 8.25. The van der Waals surface area contributed by atoms with Crippen LogP contribution in [0.3, 0.4) is 0 Å². The predicted molar refractivity (Wildman–Crippen MR) is 113 cm³/mol. The first-order valence-electron chi connectivity index (χ1n) is 10.2. The summed E-state index contributed by atoms with van der Waals surface area (Å²) < 4.78 is 26.2. The number of nitrogens with one attached hydrogen (secondary N) is 1. The zero-order valence-corrected chi connectivity index (χ0v) is 18.7. The van der Waals surface area contributed by atoms with Gasteiger partial charge in [-0.15, -0.1) is 0 Å². The molecule has 1 saturated heterocycles. The van der Waals surface area contributed by atoms with Crippen molar-refractivity contribution in [3.05, 3.63) is 22.6 Å². The second-order valence-corrected chi connectivity index (χ2v) is 10.6. The molecule has 0 radical (unpaired) electrons. The number of aromatic amines is 1. The molecular formula is C19H31N4O6P. The van der Waals surface area contributed by atoms with Gasteiger partial charge in [0.25, 0.3) is 5.56 Å². The number of aromatic nitrogens is 3. The number of H-pyrrole nitrogens is 1. The Bertz CT molecular complexity index is 1020. The van der Waals surface area contributed by atoms with Crippen LogP contribution in [0.5, 0.6) is 0 Å². The number of aliphatic hydroxyl groups is 1. The second kappa shape index (κ2) is 8.09. The molecule has 5 unspecified atom stereocenters. The lowest BCUT2D eigenvalue weighted by Gasteiger charge is -2.37. The summed E-state index contributed by atoms with van der Waals surface area (Å²) in [7, 11) is -4.26. The van der Waals surface area contributed by atoms with Crippen LogP contribution in [0.15, 0.2) is 17.1 Å². The van der Waals surface area contributed by atoms with Crippen molar-refractivity contribution in [2.24, 2.45) is 0 Å². The summed E-state index contributed by atoms with van der Waals surface area (Å²) in [5.74, 6) is 0.0376. The molecule has 0 bridgehead atoms. The van der Waals surface area contributed by atoms with Gasteiger partial charge in [0, 0.05) is 12.6 Å². The molecule has 10 nitrogen and oxygen atoms in total. The highest BCUT2D eigenvalue weighted by Crippen LogP contribution is 2.59. The smallest absolute Gasteiger partial charge is 0.359 e. The summed E-state index contributed by atoms with van der Waals surface area (Å²) in [5.41, 5.74) is 4.88.